The Morgan fingerprint density at radius 2 is 1.84 bits per heavy atom. The third-order valence-corrected chi connectivity index (χ3v) is 5.95. The molecule has 7 nitrogen and oxygen atoms in total. The summed E-state index contributed by atoms with van der Waals surface area (Å²) in [7, 11) is 0. The molecule has 1 saturated carbocycles. The van der Waals surface area contributed by atoms with Gasteiger partial charge in [0.05, 0.1) is 29.2 Å². The van der Waals surface area contributed by atoms with Crippen molar-refractivity contribution in [3.8, 4) is 28.4 Å². The number of hydrogen-bond acceptors (Lipinski definition) is 5. The third-order valence-electron chi connectivity index (χ3n) is 5.95. The van der Waals surface area contributed by atoms with Gasteiger partial charge in [-0.15, -0.1) is 0 Å². The Balaban J connectivity index is 1.36. The highest BCUT2D eigenvalue weighted by molar-refractivity contribution is 5.94. The standard InChI is InChI=1S/C24H22N6O/c1-2-4-17(5-3-1)31-18-10-15(13-26-14-18)19-6-7-21-23(28-19)24(30-29-21)22-11-16-12-25-9-8-20(16)27-22/h6-14,17,27H,1-5H2,(H,29,30). The first kappa shape index (κ1) is 18.1. The van der Waals surface area contributed by atoms with Crippen molar-refractivity contribution in [3.63, 3.8) is 0 Å². The number of hydrogen-bond donors (Lipinski definition) is 2. The maximum Gasteiger partial charge on any atom is 0.138 e. The molecule has 1 fully saturated rings. The highest BCUT2D eigenvalue weighted by Gasteiger charge is 2.16. The van der Waals surface area contributed by atoms with Crippen LogP contribution in [0.15, 0.2) is 55.1 Å². The minimum Gasteiger partial charge on any atom is -0.489 e. The van der Waals surface area contributed by atoms with Gasteiger partial charge in [0.25, 0.3) is 0 Å². The number of nitrogens with zero attached hydrogens (tertiary/aromatic N) is 4. The zero-order valence-corrected chi connectivity index (χ0v) is 17.0. The van der Waals surface area contributed by atoms with Crippen molar-refractivity contribution in [2.24, 2.45) is 0 Å². The zero-order chi connectivity index (χ0) is 20.6. The van der Waals surface area contributed by atoms with E-state index in [1.54, 1.807) is 12.4 Å². The maximum absolute atomic E-state index is 6.20. The molecule has 0 amide bonds. The van der Waals surface area contributed by atoms with Crippen LogP contribution in [-0.2, 0) is 0 Å². The number of fused-ring (bicyclic) bond motifs is 2. The molecule has 0 bridgehead atoms. The van der Waals surface area contributed by atoms with Crippen LogP contribution >= 0.6 is 0 Å². The second kappa shape index (κ2) is 7.50. The molecule has 1 aliphatic carbocycles. The van der Waals surface area contributed by atoms with Crippen LogP contribution in [0.2, 0.25) is 0 Å². The Hall–Kier alpha value is -3.74. The van der Waals surface area contributed by atoms with Crippen molar-refractivity contribution < 1.29 is 4.74 Å². The molecule has 31 heavy (non-hydrogen) atoms. The molecule has 1 aliphatic rings. The number of nitrogens with one attached hydrogen (secondary N) is 2. The Morgan fingerprint density at radius 1 is 0.903 bits per heavy atom. The second-order valence-corrected chi connectivity index (χ2v) is 8.10. The SMILES string of the molecule is c1cc2[nH]c(-c3n[nH]c4ccc(-c5cncc(OC6CCCCC6)c5)nc34)cc2cn1. The van der Waals surface area contributed by atoms with E-state index in [-0.39, 0.29) is 0 Å². The minimum atomic E-state index is 0.290. The fraction of sp³-hybridized carbons (Fsp3) is 0.250. The van der Waals surface area contributed by atoms with Crippen LogP contribution in [0.3, 0.4) is 0 Å². The first-order chi connectivity index (χ1) is 15.3. The number of ether oxygens (including phenoxy) is 1. The van der Waals surface area contributed by atoms with Crippen molar-refractivity contribution in [2.75, 3.05) is 0 Å². The Kier molecular flexibility index (Phi) is 4.37. The molecule has 0 atom stereocenters. The van der Waals surface area contributed by atoms with Crippen molar-refractivity contribution in [1.29, 1.82) is 0 Å². The van der Waals surface area contributed by atoms with Gasteiger partial charge in [0, 0.05) is 35.1 Å². The molecule has 154 valence electrons. The second-order valence-electron chi connectivity index (χ2n) is 8.10. The maximum atomic E-state index is 6.20. The van der Waals surface area contributed by atoms with Crippen LogP contribution in [0.25, 0.3) is 44.6 Å². The van der Waals surface area contributed by atoms with E-state index >= 15 is 0 Å². The van der Waals surface area contributed by atoms with Crippen molar-refractivity contribution in [3.05, 3.63) is 55.1 Å². The van der Waals surface area contributed by atoms with Crippen molar-refractivity contribution in [2.45, 2.75) is 38.2 Å². The lowest BCUT2D eigenvalue weighted by molar-refractivity contribution is 0.154. The van der Waals surface area contributed by atoms with Gasteiger partial charge >= 0.3 is 0 Å². The summed E-state index contributed by atoms with van der Waals surface area (Å²) in [5, 5.41) is 8.64. The predicted molar refractivity (Wildman–Crippen MR) is 120 cm³/mol. The fourth-order valence-electron chi connectivity index (χ4n) is 4.35. The monoisotopic (exact) mass is 410 g/mol. The van der Waals surface area contributed by atoms with Gasteiger partial charge in [-0.05, 0) is 56.0 Å². The average molecular weight is 410 g/mol. The molecule has 2 N–H and O–H groups in total. The lowest BCUT2D eigenvalue weighted by Gasteiger charge is -2.22. The molecule has 5 heterocycles. The van der Waals surface area contributed by atoms with Gasteiger partial charge in [-0.1, -0.05) is 6.42 Å². The fourth-order valence-corrected chi connectivity index (χ4v) is 4.35. The quantitative estimate of drug-likeness (QED) is 0.421. The number of aromatic nitrogens is 6. The van der Waals surface area contributed by atoms with Gasteiger partial charge in [-0.2, -0.15) is 5.10 Å². The third kappa shape index (κ3) is 3.42. The first-order valence-electron chi connectivity index (χ1n) is 10.7. The normalized spacial score (nSPS) is 15.0. The van der Waals surface area contributed by atoms with Crippen molar-refractivity contribution >= 4 is 21.9 Å². The van der Waals surface area contributed by atoms with Crippen LogP contribution < -0.4 is 4.74 Å². The number of H-pyrrole nitrogens is 2. The molecule has 0 unspecified atom stereocenters. The molecule has 0 radical (unpaired) electrons. The molecule has 0 saturated heterocycles. The van der Waals surface area contributed by atoms with E-state index in [1.807, 2.05) is 42.7 Å². The highest BCUT2D eigenvalue weighted by Crippen LogP contribution is 2.30. The molecule has 0 aliphatic heterocycles. The molecular formula is C24H22N6O. The molecule has 7 heteroatoms. The van der Waals surface area contributed by atoms with Gasteiger partial charge in [0.15, 0.2) is 0 Å². The highest BCUT2D eigenvalue weighted by atomic mass is 16.5. The van der Waals surface area contributed by atoms with Gasteiger partial charge < -0.3 is 9.72 Å². The zero-order valence-electron chi connectivity index (χ0n) is 17.0. The van der Waals surface area contributed by atoms with Gasteiger partial charge in [-0.25, -0.2) is 4.98 Å². The summed E-state index contributed by atoms with van der Waals surface area (Å²) in [6, 6.07) is 10.0. The number of rotatable bonds is 4. The van der Waals surface area contributed by atoms with E-state index in [0.717, 1.165) is 63.2 Å². The topological polar surface area (TPSA) is 92.4 Å². The van der Waals surface area contributed by atoms with E-state index in [0.29, 0.717) is 6.10 Å². The van der Waals surface area contributed by atoms with Crippen LogP contribution in [0.4, 0.5) is 0 Å². The predicted octanol–water partition coefficient (Wildman–Crippen LogP) is 5.27. The van der Waals surface area contributed by atoms with Crippen LogP contribution in [0, 0.1) is 0 Å². The lowest BCUT2D eigenvalue weighted by Crippen LogP contribution is -2.19. The smallest absolute Gasteiger partial charge is 0.138 e. The summed E-state index contributed by atoms with van der Waals surface area (Å²) in [5.41, 5.74) is 6.20. The first-order valence-corrected chi connectivity index (χ1v) is 10.7. The Labute approximate surface area is 178 Å². The summed E-state index contributed by atoms with van der Waals surface area (Å²) < 4.78 is 6.20. The van der Waals surface area contributed by atoms with Crippen LogP contribution in [0.5, 0.6) is 5.75 Å². The van der Waals surface area contributed by atoms with Gasteiger partial charge in [0.2, 0.25) is 0 Å². The minimum absolute atomic E-state index is 0.290. The summed E-state index contributed by atoms with van der Waals surface area (Å²) in [5.74, 6) is 0.807. The van der Waals surface area contributed by atoms with Crippen molar-refractivity contribution in [1.82, 2.24) is 30.1 Å². The largest absolute Gasteiger partial charge is 0.489 e. The number of pyridine rings is 3. The molecule has 0 aromatic carbocycles. The van der Waals surface area contributed by atoms with E-state index in [9.17, 15) is 0 Å². The van der Waals surface area contributed by atoms with Crippen LogP contribution in [0.1, 0.15) is 32.1 Å². The molecule has 0 spiro atoms. The van der Waals surface area contributed by atoms with E-state index in [2.05, 4.69) is 25.1 Å². The molecule has 5 aromatic heterocycles. The Bertz CT molecular complexity index is 1330. The summed E-state index contributed by atoms with van der Waals surface area (Å²) in [6.45, 7) is 0. The van der Waals surface area contributed by atoms with E-state index in [4.69, 9.17) is 9.72 Å². The van der Waals surface area contributed by atoms with E-state index in [1.165, 1.54) is 19.3 Å². The molecule has 5 aromatic rings. The average Bonchev–Trinajstić information content (AvgIpc) is 3.43. The summed E-state index contributed by atoms with van der Waals surface area (Å²) >= 11 is 0. The summed E-state index contributed by atoms with van der Waals surface area (Å²) in [6.07, 6.45) is 13.5. The lowest BCUT2D eigenvalue weighted by atomic mass is 9.98. The Morgan fingerprint density at radius 3 is 2.74 bits per heavy atom. The van der Waals surface area contributed by atoms with Gasteiger partial charge in [0.1, 0.15) is 17.0 Å². The van der Waals surface area contributed by atoms with Gasteiger partial charge in [-0.3, -0.25) is 15.1 Å². The van der Waals surface area contributed by atoms with Crippen LogP contribution in [-0.4, -0.2) is 36.2 Å². The number of aromatic amines is 2. The van der Waals surface area contributed by atoms with E-state index < -0.39 is 0 Å². The summed E-state index contributed by atoms with van der Waals surface area (Å²) in [4.78, 5) is 16.9. The molecule has 6 rings (SSSR count). The molecular weight excluding hydrogens is 388 g/mol.